The van der Waals surface area contributed by atoms with Crippen LogP contribution in [-0.4, -0.2) is 4.57 Å². The lowest BCUT2D eigenvalue weighted by atomic mass is 10.0. The lowest BCUT2D eigenvalue weighted by Gasteiger charge is -2.08. The van der Waals surface area contributed by atoms with E-state index < -0.39 is 0 Å². The molecule has 2 nitrogen and oxygen atoms in total. The molecule has 0 radical (unpaired) electrons. The van der Waals surface area contributed by atoms with Crippen LogP contribution >= 0.6 is 0 Å². The molecule has 1 aromatic heterocycles. The van der Waals surface area contributed by atoms with Gasteiger partial charge in [-0.3, -0.25) is 0 Å². The van der Waals surface area contributed by atoms with Crippen LogP contribution in [0.3, 0.4) is 0 Å². The van der Waals surface area contributed by atoms with Gasteiger partial charge in [0.05, 0.1) is 11.6 Å². The maximum Gasteiger partial charge on any atom is 0.0991 e. The average molecular weight is 274 g/mol. The standard InChI is InChI=1S/C19H18N2/c1-14(2)17-7-8-19-18(11-17)9-10-21(19)13-16-5-3-15(12-20)4-6-16/h3-11,14H,13H2,1-2H3. The summed E-state index contributed by atoms with van der Waals surface area (Å²) in [5.41, 5.74) is 4.54. The van der Waals surface area contributed by atoms with Crippen LogP contribution in [0.5, 0.6) is 0 Å². The average Bonchev–Trinajstić information content (AvgIpc) is 2.90. The Hall–Kier alpha value is -2.53. The molecule has 0 saturated carbocycles. The number of benzene rings is 2. The van der Waals surface area contributed by atoms with Gasteiger partial charge in [0, 0.05) is 18.3 Å². The molecule has 2 aromatic carbocycles. The second kappa shape index (κ2) is 5.46. The van der Waals surface area contributed by atoms with Gasteiger partial charge in [-0.05, 0) is 52.8 Å². The largest absolute Gasteiger partial charge is 0.343 e. The highest BCUT2D eigenvalue weighted by molar-refractivity contribution is 5.81. The zero-order valence-corrected chi connectivity index (χ0v) is 12.4. The lowest BCUT2D eigenvalue weighted by Crippen LogP contribution is -1.98. The lowest BCUT2D eigenvalue weighted by molar-refractivity contribution is 0.835. The Kier molecular flexibility index (Phi) is 3.50. The topological polar surface area (TPSA) is 28.7 Å². The van der Waals surface area contributed by atoms with Gasteiger partial charge in [-0.15, -0.1) is 0 Å². The molecule has 0 unspecified atom stereocenters. The van der Waals surface area contributed by atoms with Gasteiger partial charge in [0.25, 0.3) is 0 Å². The molecule has 0 aliphatic carbocycles. The van der Waals surface area contributed by atoms with Crippen molar-refractivity contribution < 1.29 is 0 Å². The number of aromatic nitrogens is 1. The number of rotatable bonds is 3. The van der Waals surface area contributed by atoms with Crippen molar-refractivity contribution in [1.82, 2.24) is 4.57 Å². The molecular formula is C19H18N2. The van der Waals surface area contributed by atoms with Crippen molar-refractivity contribution in [1.29, 1.82) is 5.26 Å². The van der Waals surface area contributed by atoms with E-state index in [9.17, 15) is 0 Å². The highest BCUT2D eigenvalue weighted by Gasteiger charge is 2.05. The number of nitriles is 1. The molecule has 0 amide bonds. The monoisotopic (exact) mass is 274 g/mol. The minimum atomic E-state index is 0.552. The maximum absolute atomic E-state index is 8.84. The molecular weight excluding hydrogens is 256 g/mol. The SMILES string of the molecule is CC(C)c1ccc2c(ccn2Cc2ccc(C#N)cc2)c1. The third-order valence-corrected chi connectivity index (χ3v) is 3.90. The Morgan fingerprint density at radius 1 is 1.05 bits per heavy atom. The van der Waals surface area contributed by atoms with Crippen LogP contribution in [-0.2, 0) is 6.54 Å². The normalized spacial score (nSPS) is 11.0. The van der Waals surface area contributed by atoms with Crippen LogP contribution in [0.25, 0.3) is 10.9 Å². The Morgan fingerprint density at radius 2 is 1.81 bits per heavy atom. The molecule has 3 rings (SSSR count). The van der Waals surface area contributed by atoms with Crippen molar-refractivity contribution in [2.75, 3.05) is 0 Å². The highest BCUT2D eigenvalue weighted by atomic mass is 14.9. The molecule has 3 aromatic rings. The van der Waals surface area contributed by atoms with E-state index in [0.717, 1.165) is 6.54 Å². The quantitative estimate of drug-likeness (QED) is 0.681. The van der Waals surface area contributed by atoms with Gasteiger partial charge in [-0.1, -0.05) is 32.0 Å². The summed E-state index contributed by atoms with van der Waals surface area (Å²) in [4.78, 5) is 0. The van der Waals surface area contributed by atoms with E-state index >= 15 is 0 Å². The van der Waals surface area contributed by atoms with Crippen molar-refractivity contribution in [2.24, 2.45) is 0 Å². The predicted octanol–water partition coefficient (Wildman–Crippen LogP) is 4.68. The third-order valence-electron chi connectivity index (χ3n) is 3.90. The van der Waals surface area contributed by atoms with E-state index in [1.807, 2.05) is 24.3 Å². The van der Waals surface area contributed by atoms with Gasteiger partial charge in [-0.2, -0.15) is 5.26 Å². The minimum Gasteiger partial charge on any atom is -0.343 e. The van der Waals surface area contributed by atoms with E-state index in [1.165, 1.54) is 22.0 Å². The van der Waals surface area contributed by atoms with Crippen LogP contribution in [0.2, 0.25) is 0 Å². The Bertz CT molecular complexity index is 802. The number of hydrogen-bond acceptors (Lipinski definition) is 1. The smallest absolute Gasteiger partial charge is 0.0991 e. The molecule has 0 bridgehead atoms. The van der Waals surface area contributed by atoms with E-state index in [2.05, 4.69) is 54.9 Å². The van der Waals surface area contributed by atoms with Crippen LogP contribution < -0.4 is 0 Å². The molecule has 0 N–H and O–H groups in total. The fourth-order valence-electron chi connectivity index (χ4n) is 2.60. The van der Waals surface area contributed by atoms with E-state index in [4.69, 9.17) is 5.26 Å². The van der Waals surface area contributed by atoms with Crippen molar-refractivity contribution in [3.05, 3.63) is 71.4 Å². The Morgan fingerprint density at radius 3 is 2.48 bits per heavy atom. The molecule has 0 atom stereocenters. The van der Waals surface area contributed by atoms with Crippen molar-refractivity contribution in [3.63, 3.8) is 0 Å². The summed E-state index contributed by atoms with van der Waals surface area (Å²) in [5, 5.41) is 10.1. The third kappa shape index (κ3) is 2.68. The van der Waals surface area contributed by atoms with Gasteiger partial charge in [0.1, 0.15) is 0 Å². The zero-order valence-electron chi connectivity index (χ0n) is 12.4. The van der Waals surface area contributed by atoms with E-state index in [0.29, 0.717) is 11.5 Å². The molecule has 1 heterocycles. The van der Waals surface area contributed by atoms with Gasteiger partial charge in [-0.25, -0.2) is 0 Å². The number of nitrogens with zero attached hydrogens (tertiary/aromatic N) is 2. The Labute approximate surface area is 125 Å². The van der Waals surface area contributed by atoms with E-state index in [-0.39, 0.29) is 0 Å². The maximum atomic E-state index is 8.84. The summed E-state index contributed by atoms with van der Waals surface area (Å²) >= 11 is 0. The van der Waals surface area contributed by atoms with Gasteiger partial charge in [0.15, 0.2) is 0 Å². The second-order valence-corrected chi connectivity index (χ2v) is 5.73. The number of fused-ring (bicyclic) bond motifs is 1. The molecule has 0 aliphatic heterocycles. The van der Waals surface area contributed by atoms with Crippen molar-refractivity contribution in [3.8, 4) is 6.07 Å². The van der Waals surface area contributed by atoms with Crippen LogP contribution in [0.15, 0.2) is 54.7 Å². The first kappa shape index (κ1) is 13.5. The molecule has 0 aliphatic rings. The van der Waals surface area contributed by atoms with Crippen LogP contribution in [0.4, 0.5) is 0 Å². The molecule has 0 spiro atoms. The summed E-state index contributed by atoms with van der Waals surface area (Å²) in [6.45, 7) is 5.26. The summed E-state index contributed by atoms with van der Waals surface area (Å²) in [6.07, 6.45) is 2.13. The summed E-state index contributed by atoms with van der Waals surface area (Å²) < 4.78 is 2.25. The first-order valence-corrected chi connectivity index (χ1v) is 7.25. The molecule has 0 saturated heterocycles. The van der Waals surface area contributed by atoms with Gasteiger partial charge < -0.3 is 4.57 Å². The van der Waals surface area contributed by atoms with Crippen molar-refractivity contribution in [2.45, 2.75) is 26.3 Å². The molecule has 0 fully saturated rings. The summed E-state index contributed by atoms with van der Waals surface area (Å²) in [7, 11) is 0. The molecule has 2 heteroatoms. The minimum absolute atomic E-state index is 0.552. The molecule has 104 valence electrons. The zero-order chi connectivity index (χ0) is 14.8. The van der Waals surface area contributed by atoms with E-state index in [1.54, 1.807) is 0 Å². The van der Waals surface area contributed by atoms with Crippen molar-refractivity contribution >= 4 is 10.9 Å². The molecule has 21 heavy (non-hydrogen) atoms. The van der Waals surface area contributed by atoms with Crippen LogP contribution in [0, 0.1) is 11.3 Å². The first-order valence-electron chi connectivity index (χ1n) is 7.25. The van der Waals surface area contributed by atoms with Gasteiger partial charge >= 0.3 is 0 Å². The summed E-state index contributed by atoms with van der Waals surface area (Å²) in [6, 6.07) is 18.8. The Balaban J connectivity index is 1.92. The first-order chi connectivity index (χ1) is 10.2. The van der Waals surface area contributed by atoms with Crippen LogP contribution in [0.1, 0.15) is 36.5 Å². The fourth-order valence-corrected chi connectivity index (χ4v) is 2.60. The van der Waals surface area contributed by atoms with Gasteiger partial charge in [0.2, 0.25) is 0 Å². The number of hydrogen-bond donors (Lipinski definition) is 0. The fraction of sp³-hybridized carbons (Fsp3) is 0.211. The summed E-state index contributed by atoms with van der Waals surface area (Å²) in [5.74, 6) is 0.552. The highest BCUT2D eigenvalue weighted by Crippen LogP contribution is 2.23. The second-order valence-electron chi connectivity index (χ2n) is 5.73. The predicted molar refractivity (Wildman–Crippen MR) is 86.3 cm³/mol.